The van der Waals surface area contributed by atoms with Crippen molar-refractivity contribution in [2.24, 2.45) is 5.73 Å². The molecule has 0 aliphatic carbocycles. The molecule has 2 amide bonds. The summed E-state index contributed by atoms with van der Waals surface area (Å²) in [5, 5.41) is 13.7. The Bertz CT molecular complexity index is 463. The van der Waals surface area contributed by atoms with Crippen LogP contribution in [0.2, 0.25) is 0 Å². The van der Waals surface area contributed by atoms with E-state index in [0.29, 0.717) is 25.1 Å². The fraction of sp³-hybridized carbons (Fsp3) is 0.429. The molecule has 1 aromatic carbocycles. The van der Waals surface area contributed by atoms with Crippen molar-refractivity contribution >= 4 is 17.7 Å². The summed E-state index contributed by atoms with van der Waals surface area (Å²) >= 11 is 0. The lowest BCUT2D eigenvalue weighted by molar-refractivity contribution is -0.118. The Kier molecular flexibility index (Phi) is 6.52. The zero-order valence-electron chi connectivity index (χ0n) is 11.6. The largest absolute Gasteiger partial charge is 0.465 e. The van der Waals surface area contributed by atoms with E-state index in [4.69, 9.17) is 10.8 Å². The standard InChI is InChI=1S/C14H21N3O3/c1-10-5-4-6-11(9-10)16-13(18)12(17-14(19)20)7-2-3-8-15/h4-6,9,12,17H,2-3,7-8,15H2,1H3,(H,16,18)(H,19,20)/t12-/m0/s1. The van der Waals surface area contributed by atoms with Gasteiger partial charge in [0.1, 0.15) is 6.04 Å². The number of nitrogens with two attached hydrogens (primary N) is 1. The second kappa shape index (κ2) is 8.16. The highest BCUT2D eigenvalue weighted by Crippen LogP contribution is 2.11. The predicted octanol–water partition coefficient (Wildman–Crippen LogP) is 1.70. The van der Waals surface area contributed by atoms with Crippen molar-refractivity contribution in [3.8, 4) is 0 Å². The quantitative estimate of drug-likeness (QED) is 0.570. The Morgan fingerprint density at radius 1 is 1.35 bits per heavy atom. The van der Waals surface area contributed by atoms with Crippen LogP contribution in [0, 0.1) is 6.92 Å². The lowest BCUT2D eigenvalue weighted by atomic mass is 10.1. The molecule has 1 rings (SSSR count). The molecule has 1 aromatic rings. The fourth-order valence-corrected chi connectivity index (χ4v) is 1.86. The van der Waals surface area contributed by atoms with E-state index >= 15 is 0 Å². The zero-order chi connectivity index (χ0) is 15.0. The van der Waals surface area contributed by atoms with Gasteiger partial charge in [-0.3, -0.25) is 4.79 Å². The van der Waals surface area contributed by atoms with Gasteiger partial charge in [-0.1, -0.05) is 12.1 Å². The number of hydrogen-bond acceptors (Lipinski definition) is 3. The number of aryl methyl sites for hydroxylation is 1. The molecule has 0 aliphatic rings. The molecule has 0 aromatic heterocycles. The summed E-state index contributed by atoms with van der Waals surface area (Å²) in [7, 11) is 0. The minimum absolute atomic E-state index is 0.352. The third-order valence-electron chi connectivity index (χ3n) is 2.85. The van der Waals surface area contributed by atoms with Crippen LogP contribution < -0.4 is 16.4 Å². The molecule has 0 radical (unpaired) electrons. The Morgan fingerprint density at radius 2 is 2.10 bits per heavy atom. The number of rotatable bonds is 7. The molecular formula is C14H21N3O3. The maximum absolute atomic E-state index is 12.1. The summed E-state index contributed by atoms with van der Waals surface area (Å²) in [6, 6.07) is 6.58. The van der Waals surface area contributed by atoms with Gasteiger partial charge in [0, 0.05) is 5.69 Å². The van der Waals surface area contributed by atoms with Gasteiger partial charge in [-0.15, -0.1) is 0 Å². The molecular weight excluding hydrogens is 258 g/mol. The van der Waals surface area contributed by atoms with Gasteiger partial charge in [0.15, 0.2) is 0 Å². The molecule has 0 saturated heterocycles. The van der Waals surface area contributed by atoms with E-state index < -0.39 is 12.1 Å². The van der Waals surface area contributed by atoms with Gasteiger partial charge in [0.25, 0.3) is 0 Å². The number of amides is 2. The van der Waals surface area contributed by atoms with Crippen molar-refractivity contribution in [2.45, 2.75) is 32.2 Å². The summed E-state index contributed by atoms with van der Waals surface area (Å²) < 4.78 is 0. The number of carbonyl (C=O) groups is 2. The summed E-state index contributed by atoms with van der Waals surface area (Å²) in [5.74, 6) is -0.352. The predicted molar refractivity (Wildman–Crippen MR) is 77.7 cm³/mol. The normalized spacial score (nSPS) is 11.7. The van der Waals surface area contributed by atoms with Crippen LogP contribution in [0.4, 0.5) is 10.5 Å². The smallest absolute Gasteiger partial charge is 0.405 e. The molecule has 0 unspecified atom stereocenters. The molecule has 0 bridgehead atoms. The van der Waals surface area contributed by atoms with E-state index in [1.807, 2.05) is 25.1 Å². The second-order valence-corrected chi connectivity index (χ2v) is 4.65. The monoisotopic (exact) mass is 279 g/mol. The first-order valence-corrected chi connectivity index (χ1v) is 6.60. The maximum atomic E-state index is 12.1. The third-order valence-corrected chi connectivity index (χ3v) is 2.85. The highest BCUT2D eigenvalue weighted by Gasteiger charge is 2.20. The van der Waals surface area contributed by atoms with E-state index in [1.165, 1.54) is 0 Å². The van der Waals surface area contributed by atoms with Crippen LogP contribution in [0.3, 0.4) is 0 Å². The van der Waals surface area contributed by atoms with Crippen molar-refractivity contribution in [2.75, 3.05) is 11.9 Å². The van der Waals surface area contributed by atoms with Crippen LogP contribution in [-0.2, 0) is 4.79 Å². The first-order valence-electron chi connectivity index (χ1n) is 6.60. The van der Waals surface area contributed by atoms with Crippen LogP contribution in [0.15, 0.2) is 24.3 Å². The first-order chi connectivity index (χ1) is 9.52. The highest BCUT2D eigenvalue weighted by atomic mass is 16.4. The van der Waals surface area contributed by atoms with Gasteiger partial charge in [-0.25, -0.2) is 4.79 Å². The zero-order valence-corrected chi connectivity index (χ0v) is 11.6. The number of benzene rings is 1. The molecule has 5 N–H and O–H groups in total. The molecule has 0 saturated carbocycles. The minimum atomic E-state index is -1.21. The highest BCUT2D eigenvalue weighted by molar-refractivity contribution is 5.96. The Hall–Kier alpha value is -2.08. The number of nitrogens with one attached hydrogen (secondary N) is 2. The third kappa shape index (κ3) is 5.71. The van der Waals surface area contributed by atoms with Gasteiger partial charge in [0.2, 0.25) is 5.91 Å². The molecule has 6 nitrogen and oxygen atoms in total. The number of carboxylic acid groups (broad SMARTS) is 1. The summed E-state index contributed by atoms with van der Waals surface area (Å²) in [6.45, 7) is 2.45. The van der Waals surface area contributed by atoms with Gasteiger partial charge in [0.05, 0.1) is 0 Å². The molecule has 0 aliphatic heterocycles. The van der Waals surface area contributed by atoms with Gasteiger partial charge in [-0.2, -0.15) is 0 Å². The maximum Gasteiger partial charge on any atom is 0.405 e. The van der Waals surface area contributed by atoms with Crippen LogP contribution in [0.5, 0.6) is 0 Å². The van der Waals surface area contributed by atoms with E-state index in [0.717, 1.165) is 12.0 Å². The van der Waals surface area contributed by atoms with Crippen molar-refractivity contribution in [1.29, 1.82) is 0 Å². The van der Waals surface area contributed by atoms with E-state index in [2.05, 4.69) is 10.6 Å². The Balaban J connectivity index is 2.64. The molecule has 6 heteroatoms. The molecule has 1 atom stereocenters. The van der Waals surface area contributed by atoms with Crippen LogP contribution in [0.1, 0.15) is 24.8 Å². The van der Waals surface area contributed by atoms with E-state index in [9.17, 15) is 9.59 Å². The average Bonchev–Trinajstić information content (AvgIpc) is 2.37. The summed E-state index contributed by atoms with van der Waals surface area (Å²) in [4.78, 5) is 22.8. The van der Waals surface area contributed by atoms with Crippen LogP contribution in [0.25, 0.3) is 0 Å². The fourth-order valence-electron chi connectivity index (χ4n) is 1.86. The van der Waals surface area contributed by atoms with Crippen molar-refractivity contribution < 1.29 is 14.7 Å². The summed E-state index contributed by atoms with van der Waals surface area (Å²) in [6.07, 6.45) is 0.682. The van der Waals surface area contributed by atoms with Crippen LogP contribution in [-0.4, -0.2) is 29.7 Å². The molecule has 0 heterocycles. The SMILES string of the molecule is Cc1cccc(NC(=O)[C@H](CCCCN)NC(=O)O)c1. The van der Waals surface area contributed by atoms with Crippen LogP contribution >= 0.6 is 0 Å². The first kappa shape index (κ1) is 16.0. The lowest BCUT2D eigenvalue weighted by Gasteiger charge is -2.16. The second-order valence-electron chi connectivity index (χ2n) is 4.65. The van der Waals surface area contributed by atoms with Crippen molar-refractivity contribution in [3.63, 3.8) is 0 Å². The van der Waals surface area contributed by atoms with Crippen molar-refractivity contribution in [1.82, 2.24) is 5.32 Å². The van der Waals surface area contributed by atoms with E-state index in [-0.39, 0.29) is 5.91 Å². The number of unbranched alkanes of at least 4 members (excludes halogenated alkanes) is 1. The molecule has 0 fully saturated rings. The molecule has 20 heavy (non-hydrogen) atoms. The minimum Gasteiger partial charge on any atom is -0.465 e. The van der Waals surface area contributed by atoms with Gasteiger partial charge < -0.3 is 21.5 Å². The number of hydrogen-bond donors (Lipinski definition) is 4. The lowest BCUT2D eigenvalue weighted by Crippen LogP contribution is -2.43. The summed E-state index contributed by atoms with van der Waals surface area (Å²) in [5.41, 5.74) is 7.08. The Labute approximate surface area is 118 Å². The molecule has 0 spiro atoms. The van der Waals surface area contributed by atoms with Gasteiger partial charge in [-0.05, 0) is 50.4 Å². The van der Waals surface area contributed by atoms with Gasteiger partial charge >= 0.3 is 6.09 Å². The van der Waals surface area contributed by atoms with Crippen molar-refractivity contribution in [3.05, 3.63) is 29.8 Å². The molecule has 110 valence electrons. The number of carbonyl (C=O) groups excluding carboxylic acids is 1. The number of anilines is 1. The average molecular weight is 279 g/mol. The Morgan fingerprint density at radius 3 is 2.70 bits per heavy atom. The topological polar surface area (TPSA) is 104 Å². The van der Waals surface area contributed by atoms with E-state index in [1.54, 1.807) is 6.07 Å².